The molecule has 2 aliphatic heterocycles. The number of piperazine rings is 1. The number of hydrogen-bond donors (Lipinski definition) is 2. The Hall–Kier alpha value is -3.66. The van der Waals surface area contributed by atoms with Crippen molar-refractivity contribution in [3.05, 3.63) is 59.9 Å². The Balaban J connectivity index is 1.33. The molecule has 186 valence electrons. The highest BCUT2D eigenvalue weighted by Gasteiger charge is 2.34. The van der Waals surface area contributed by atoms with E-state index < -0.39 is 24.2 Å². The monoisotopic (exact) mass is 483 g/mol. The largest absolute Gasteiger partial charge is 0.423 e. The minimum Gasteiger partial charge on any atom is -0.423 e. The zero-order valence-corrected chi connectivity index (χ0v) is 19.7. The molecule has 2 heterocycles. The number of cyclic esters (lactones) is 1. The molecular formula is C25H30FN5O4. The van der Waals surface area contributed by atoms with E-state index in [0.29, 0.717) is 44.0 Å². The topological polar surface area (TPSA) is 108 Å². The summed E-state index contributed by atoms with van der Waals surface area (Å²) in [5.41, 5.74) is 7.91. The fourth-order valence-electron chi connectivity index (χ4n) is 4.31. The summed E-state index contributed by atoms with van der Waals surface area (Å²) in [4.78, 5) is 41.4. The van der Waals surface area contributed by atoms with E-state index in [1.807, 2.05) is 35.2 Å². The smallest absolute Gasteiger partial charge is 0.416 e. The summed E-state index contributed by atoms with van der Waals surface area (Å²) in [6, 6.07) is 13.6. The molecule has 2 aromatic carbocycles. The molecule has 2 fully saturated rings. The first-order valence-electron chi connectivity index (χ1n) is 11.8. The van der Waals surface area contributed by atoms with Crippen molar-refractivity contribution in [1.82, 2.24) is 10.2 Å². The van der Waals surface area contributed by atoms with Gasteiger partial charge in [0.15, 0.2) is 6.23 Å². The molecule has 3 amide bonds. The van der Waals surface area contributed by atoms with Crippen LogP contribution in [0.15, 0.2) is 48.5 Å². The van der Waals surface area contributed by atoms with Crippen molar-refractivity contribution in [2.24, 2.45) is 5.73 Å². The number of carbonyl (C=O) groups excluding carboxylic acids is 3. The summed E-state index contributed by atoms with van der Waals surface area (Å²) in [6.07, 6.45) is -0.665. The van der Waals surface area contributed by atoms with Crippen LogP contribution >= 0.6 is 0 Å². The lowest BCUT2D eigenvalue weighted by Crippen LogP contribution is -2.53. The number of nitrogens with one attached hydrogen (secondary N) is 1. The third-order valence-corrected chi connectivity index (χ3v) is 6.25. The number of halogens is 1. The maximum atomic E-state index is 15.0. The average molecular weight is 484 g/mol. The van der Waals surface area contributed by atoms with Crippen LogP contribution in [0, 0.1) is 5.82 Å². The van der Waals surface area contributed by atoms with Crippen LogP contribution < -0.4 is 20.9 Å². The SMILES string of the molecule is CCC(=O)NC1CN(c2ccc(N3CCN(C(=O)C(N)Cc4ccccc4)CC3)c(F)c2)C(=O)O1. The van der Waals surface area contributed by atoms with Crippen molar-refractivity contribution in [2.45, 2.75) is 32.0 Å². The summed E-state index contributed by atoms with van der Waals surface area (Å²) in [5.74, 6) is -0.816. The summed E-state index contributed by atoms with van der Waals surface area (Å²) >= 11 is 0. The Morgan fingerprint density at radius 2 is 1.86 bits per heavy atom. The fourth-order valence-corrected chi connectivity index (χ4v) is 4.31. The van der Waals surface area contributed by atoms with Gasteiger partial charge in [0.25, 0.3) is 0 Å². The van der Waals surface area contributed by atoms with Gasteiger partial charge in [0.2, 0.25) is 11.8 Å². The second kappa shape index (κ2) is 10.7. The fraction of sp³-hybridized carbons (Fsp3) is 0.400. The molecule has 2 atom stereocenters. The van der Waals surface area contributed by atoms with E-state index in [-0.39, 0.29) is 24.8 Å². The van der Waals surface area contributed by atoms with E-state index in [4.69, 9.17) is 10.5 Å². The Morgan fingerprint density at radius 3 is 2.51 bits per heavy atom. The standard InChI is InChI=1S/C25H30FN5O4/c1-2-22(32)28-23-16-31(25(34)35-23)18-8-9-21(19(26)15-18)29-10-12-30(13-11-29)24(33)20(27)14-17-6-4-3-5-7-17/h3-9,15,20,23H,2,10-14,16,27H2,1H3,(H,28,32). The lowest BCUT2D eigenvalue weighted by Gasteiger charge is -2.37. The van der Waals surface area contributed by atoms with E-state index in [2.05, 4.69) is 5.32 Å². The van der Waals surface area contributed by atoms with Gasteiger partial charge >= 0.3 is 6.09 Å². The van der Waals surface area contributed by atoms with Crippen LogP contribution in [0.2, 0.25) is 0 Å². The molecule has 2 aliphatic rings. The highest BCUT2D eigenvalue weighted by atomic mass is 19.1. The first kappa shape index (κ1) is 24.5. The van der Waals surface area contributed by atoms with E-state index in [1.165, 1.54) is 11.0 Å². The molecule has 0 saturated carbocycles. The highest BCUT2D eigenvalue weighted by Crippen LogP contribution is 2.28. The molecule has 2 saturated heterocycles. The van der Waals surface area contributed by atoms with Gasteiger partial charge in [-0.1, -0.05) is 37.3 Å². The summed E-state index contributed by atoms with van der Waals surface area (Å²) in [5, 5.41) is 2.60. The molecule has 2 unspecified atom stereocenters. The average Bonchev–Trinajstić information content (AvgIpc) is 3.23. The van der Waals surface area contributed by atoms with Crippen LogP contribution in [0.4, 0.5) is 20.6 Å². The minimum atomic E-state index is -0.767. The Labute approximate surface area is 203 Å². The van der Waals surface area contributed by atoms with Crippen molar-refractivity contribution in [3.8, 4) is 0 Å². The highest BCUT2D eigenvalue weighted by molar-refractivity contribution is 5.90. The third-order valence-electron chi connectivity index (χ3n) is 6.25. The van der Waals surface area contributed by atoms with Gasteiger partial charge < -0.3 is 25.6 Å². The molecule has 4 rings (SSSR count). The third kappa shape index (κ3) is 5.71. The van der Waals surface area contributed by atoms with Gasteiger partial charge in [-0.3, -0.25) is 14.5 Å². The van der Waals surface area contributed by atoms with Crippen LogP contribution in [-0.2, 0) is 20.7 Å². The maximum Gasteiger partial charge on any atom is 0.416 e. The molecular weight excluding hydrogens is 453 g/mol. The van der Waals surface area contributed by atoms with Gasteiger partial charge in [-0.2, -0.15) is 0 Å². The second-order valence-electron chi connectivity index (χ2n) is 8.65. The van der Waals surface area contributed by atoms with Crippen molar-refractivity contribution in [1.29, 1.82) is 0 Å². The van der Waals surface area contributed by atoms with Crippen LogP contribution in [0.25, 0.3) is 0 Å². The maximum absolute atomic E-state index is 15.0. The van der Waals surface area contributed by atoms with E-state index in [0.717, 1.165) is 5.56 Å². The minimum absolute atomic E-state index is 0.105. The van der Waals surface area contributed by atoms with Crippen molar-refractivity contribution < 1.29 is 23.5 Å². The summed E-state index contributed by atoms with van der Waals surface area (Å²) < 4.78 is 20.2. The molecule has 10 heteroatoms. The molecule has 0 radical (unpaired) electrons. The normalized spacial score (nSPS) is 18.9. The first-order valence-corrected chi connectivity index (χ1v) is 11.8. The van der Waals surface area contributed by atoms with Gasteiger partial charge in [-0.15, -0.1) is 0 Å². The van der Waals surface area contributed by atoms with E-state index in [9.17, 15) is 14.4 Å². The quantitative estimate of drug-likeness (QED) is 0.622. The zero-order chi connectivity index (χ0) is 24.9. The second-order valence-corrected chi connectivity index (χ2v) is 8.65. The van der Waals surface area contributed by atoms with Crippen LogP contribution in [0.5, 0.6) is 0 Å². The molecule has 0 aliphatic carbocycles. The number of rotatable bonds is 7. The zero-order valence-electron chi connectivity index (χ0n) is 19.7. The predicted octanol–water partition coefficient (Wildman–Crippen LogP) is 1.85. The molecule has 2 aromatic rings. The molecule has 35 heavy (non-hydrogen) atoms. The number of benzene rings is 2. The van der Waals surface area contributed by atoms with Crippen LogP contribution in [-0.4, -0.2) is 67.8 Å². The number of anilines is 2. The molecule has 0 aromatic heterocycles. The molecule has 0 spiro atoms. The van der Waals surface area contributed by atoms with Gasteiger partial charge in [0, 0.05) is 32.6 Å². The Bertz CT molecular complexity index is 1070. The van der Waals surface area contributed by atoms with Crippen LogP contribution in [0.1, 0.15) is 18.9 Å². The molecule has 0 bridgehead atoms. The van der Waals surface area contributed by atoms with Crippen molar-refractivity contribution in [3.63, 3.8) is 0 Å². The van der Waals surface area contributed by atoms with Crippen molar-refractivity contribution in [2.75, 3.05) is 42.5 Å². The van der Waals surface area contributed by atoms with Gasteiger partial charge in [-0.05, 0) is 30.2 Å². The number of carbonyl (C=O) groups is 3. The van der Waals surface area contributed by atoms with Crippen LogP contribution in [0.3, 0.4) is 0 Å². The number of nitrogens with zero attached hydrogens (tertiary/aromatic N) is 3. The molecule has 9 nitrogen and oxygen atoms in total. The predicted molar refractivity (Wildman–Crippen MR) is 129 cm³/mol. The lowest BCUT2D eigenvalue weighted by molar-refractivity contribution is -0.132. The van der Waals surface area contributed by atoms with E-state index >= 15 is 4.39 Å². The van der Waals surface area contributed by atoms with Crippen molar-refractivity contribution >= 4 is 29.3 Å². The van der Waals surface area contributed by atoms with Gasteiger partial charge in [0.05, 0.1) is 24.0 Å². The molecule has 3 N–H and O–H groups in total. The lowest BCUT2D eigenvalue weighted by atomic mass is 10.1. The number of amides is 3. The number of ether oxygens (including phenoxy) is 1. The van der Waals surface area contributed by atoms with E-state index in [1.54, 1.807) is 24.0 Å². The number of nitrogens with two attached hydrogens (primary N) is 1. The Morgan fingerprint density at radius 1 is 1.14 bits per heavy atom. The first-order chi connectivity index (χ1) is 16.9. The van der Waals surface area contributed by atoms with Gasteiger partial charge in [-0.25, -0.2) is 9.18 Å². The summed E-state index contributed by atoms with van der Waals surface area (Å²) in [7, 11) is 0. The summed E-state index contributed by atoms with van der Waals surface area (Å²) in [6.45, 7) is 3.63. The van der Waals surface area contributed by atoms with Gasteiger partial charge in [0.1, 0.15) is 5.82 Å². The number of hydrogen-bond acceptors (Lipinski definition) is 6. The Kier molecular flexibility index (Phi) is 7.50.